The van der Waals surface area contributed by atoms with E-state index in [4.69, 9.17) is 4.74 Å². The Kier molecular flexibility index (Phi) is 3.20. The summed E-state index contributed by atoms with van der Waals surface area (Å²) in [7, 11) is 0. The molecule has 1 aliphatic rings. The van der Waals surface area contributed by atoms with Gasteiger partial charge in [-0.1, -0.05) is 0 Å². The molecule has 0 saturated carbocycles. The zero-order valence-corrected chi connectivity index (χ0v) is 11.4. The van der Waals surface area contributed by atoms with E-state index in [-0.39, 0.29) is 11.1 Å². The molecule has 0 atom stereocenters. The maximum absolute atomic E-state index is 11.5. The van der Waals surface area contributed by atoms with E-state index >= 15 is 0 Å². The number of nitrogens with one attached hydrogen (secondary N) is 1. The lowest BCUT2D eigenvalue weighted by molar-refractivity contribution is 0.0638. The van der Waals surface area contributed by atoms with Gasteiger partial charge in [0.25, 0.3) is 5.56 Å². The van der Waals surface area contributed by atoms with Crippen LogP contribution in [-0.4, -0.2) is 35.3 Å². The number of morpholine rings is 1. The van der Waals surface area contributed by atoms with E-state index in [9.17, 15) is 4.79 Å². The van der Waals surface area contributed by atoms with E-state index in [1.54, 1.807) is 0 Å². The summed E-state index contributed by atoms with van der Waals surface area (Å²) in [5.74, 6) is 0.748. The molecule has 88 valence electrons. The minimum Gasteiger partial charge on any atom is -0.377 e. The van der Waals surface area contributed by atoms with Gasteiger partial charge in [0.2, 0.25) is 0 Å². The minimum absolute atomic E-state index is 0.0899. The summed E-state index contributed by atoms with van der Waals surface area (Å²) < 4.78 is 6.08. The van der Waals surface area contributed by atoms with E-state index in [1.165, 1.54) is 6.33 Å². The number of rotatable bonds is 1. The van der Waals surface area contributed by atoms with Crippen LogP contribution in [0, 0.1) is 3.57 Å². The Bertz CT molecular complexity index is 444. The number of aromatic amines is 1. The fourth-order valence-corrected chi connectivity index (χ4v) is 2.40. The monoisotopic (exact) mass is 335 g/mol. The number of H-pyrrole nitrogens is 1. The first-order valence-electron chi connectivity index (χ1n) is 5.11. The predicted molar refractivity (Wildman–Crippen MR) is 69.8 cm³/mol. The largest absolute Gasteiger partial charge is 0.377 e. The third-order valence-corrected chi connectivity index (χ3v) is 3.65. The van der Waals surface area contributed by atoms with Gasteiger partial charge in [0, 0.05) is 6.54 Å². The van der Waals surface area contributed by atoms with E-state index in [0.29, 0.717) is 16.8 Å². The van der Waals surface area contributed by atoms with Crippen LogP contribution in [0.2, 0.25) is 0 Å². The molecular formula is C10H14IN3O2. The normalized spacial score (nSPS) is 19.8. The van der Waals surface area contributed by atoms with Crippen LogP contribution < -0.4 is 10.5 Å². The van der Waals surface area contributed by atoms with Gasteiger partial charge in [0.15, 0.2) is 0 Å². The second-order valence-electron chi connectivity index (χ2n) is 4.39. The number of anilines is 1. The highest BCUT2D eigenvalue weighted by Crippen LogP contribution is 2.26. The summed E-state index contributed by atoms with van der Waals surface area (Å²) in [6, 6.07) is 0. The molecule has 0 spiro atoms. The van der Waals surface area contributed by atoms with Gasteiger partial charge in [-0.3, -0.25) is 4.79 Å². The Balaban J connectivity index is 2.43. The lowest BCUT2D eigenvalue weighted by atomic mass is 10.0. The number of ether oxygens (including phenoxy) is 1. The average molecular weight is 335 g/mol. The third kappa shape index (κ3) is 2.08. The quantitative estimate of drug-likeness (QED) is 0.778. The summed E-state index contributed by atoms with van der Waals surface area (Å²) in [4.78, 5) is 20.5. The highest BCUT2D eigenvalue weighted by atomic mass is 127. The molecule has 5 nitrogen and oxygen atoms in total. The van der Waals surface area contributed by atoms with Gasteiger partial charge >= 0.3 is 0 Å². The van der Waals surface area contributed by atoms with Crippen LogP contribution >= 0.6 is 22.6 Å². The lowest BCUT2D eigenvalue weighted by Gasteiger charge is -2.43. The molecule has 0 radical (unpaired) electrons. The van der Waals surface area contributed by atoms with Crippen molar-refractivity contribution in [2.24, 2.45) is 0 Å². The van der Waals surface area contributed by atoms with Gasteiger partial charge in [-0.05, 0) is 36.4 Å². The topological polar surface area (TPSA) is 58.2 Å². The van der Waals surface area contributed by atoms with E-state index in [2.05, 4.69) is 28.7 Å². The molecule has 6 heteroatoms. The van der Waals surface area contributed by atoms with Crippen LogP contribution in [0.5, 0.6) is 0 Å². The van der Waals surface area contributed by atoms with Crippen LogP contribution in [0.4, 0.5) is 5.82 Å². The third-order valence-electron chi connectivity index (χ3n) is 2.68. The van der Waals surface area contributed by atoms with Crippen molar-refractivity contribution in [2.75, 3.05) is 24.7 Å². The number of hydrogen-bond acceptors (Lipinski definition) is 4. The van der Waals surface area contributed by atoms with E-state index in [0.717, 1.165) is 12.4 Å². The van der Waals surface area contributed by atoms with E-state index < -0.39 is 0 Å². The first kappa shape index (κ1) is 11.8. The van der Waals surface area contributed by atoms with Crippen LogP contribution in [0.25, 0.3) is 0 Å². The van der Waals surface area contributed by atoms with Gasteiger partial charge in [0.1, 0.15) is 9.39 Å². The molecule has 1 N–H and O–H groups in total. The zero-order valence-electron chi connectivity index (χ0n) is 9.29. The Labute approximate surface area is 107 Å². The van der Waals surface area contributed by atoms with E-state index in [1.807, 2.05) is 22.6 Å². The molecule has 0 aromatic carbocycles. The van der Waals surface area contributed by atoms with Gasteiger partial charge in [-0.25, -0.2) is 4.98 Å². The van der Waals surface area contributed by atoms with Gasteiger partial charge in [0.05, 0.1) is 25.1 Å². The van der Waals surface area contributed by atoms with Crippen molar-refractivity contribution in [1.82, 2.24) is 9.97 Å². The SMILES string of the molecule is CC1(C)COCCN1c1nc[nH]c(=O)c1I. The van der Waals surface area contributed by atoms with Crippen LogP contribution in [-0.2, 0) is 4.74 Å². The zero-order chi connectivity index (χ0) is 11.8. The van der Waals surface area contributed by atoms with Crippen LogP contribution in [0.1, 0.15) is 13.8 Å². The lowest BCUT2D eigenvalue weighted by Crippen LogP contribution is -2.54. The molecule has 1 saturated heterocycles. The molecule has 2 heterocycles. The second kappa shape index (κ2) is 4.33. The fraction of sp³-hybridized carbons (Fsp3) is 0.600. The summed E-state index contributed by atoms with van der Waals surface area (Å²) in [6.07, 6.45) is 1.45. The Morgan fingerprint density at radius 3 is 3.06 bits per heavy atom. The van der Waals surface area contributed by atoms with Crippen LogP contribution in [0.3, 0.4) is 0 Å². The van der Waals surface area contributed by atoms with Crippen molar-refractivity contribution in [3.8, 4) is 0 Å². The van der Waals surface area contributed by atoms with Crippen LogP contribution in [0.15, 0.2) is 11.1 Å². The molecule has 1 aromatic heterocycles. The second-order valence-corrected chi connectivity index (χ2v) is 5.46. The molecular weight excluding hydrogens is 321 g/mol. The molecule has 0 bridgehead atoms. The standard InChI is InChI=1S/C10H14IN3O2/c1-10(2)5-16-4-3-14(10)8-7(11)9(15)13-6-12-8/h6H,3-5H2,1-2H3,(H,12,13,15). The van der Waals surface area contributed by atoms with Crippen molar-refractivity contribution in [1.29, 1.82) is 0 Å². The van der Waals surface area contributed by atoms with Crippen molar-refractivity contribution in [3.63, 3.8) is 0 Å². The summed E-state index contributed by atoms with van der Waals surface area (Å²) >= 11 is 2.04. The number of aromatic nitrogens is 2. The highest BCUT2D eigenvalue weighted by Gasteiger charge is 2.32. The van der Waals surface area contributed by atoms with Crippen molar-refractivity contribution >= 4 is 28.4 Å². The minimum atomic E-state index is -0.126. The molecule has 0 aliphatic carbocycles. The number of nitrogens with zero attached hydrogens (tertiary/aromatic N) is 2. The molecule has 1 aromatic rings. The molecule has 0 amide bonds. The fourth-order valence-electron chi connectivity index (χ4n) is 1.81. The van der Waals surface area contributed by atoms with Crippen molar-refractivity contribution < 1.29 is 4.74 Å². The number of halogens is 1. The Hall–Kier alpha value is -0.630. The summed E-state index contributed by atoms with van der Waals surface area (Å²) in [5, 5.41) is 0. The van der Waals surface area contributed by atoms with Gasteiger partial charge < -0.3 is 14.6 Å². The average Bonchev–Trinajstić information content (AvgIpc) is 2.22. The molecule has 0 unspecified atom stereocenters. The number of hydrogen-bond donors (Lipinski definition) is 1. The summed E-state index contributed by atoms with van der Waals surface area (Å²) in [6.45, 7) is 6.27. The van der Waals surface area contributed by atoms with Crippen molar-refractivity contribution in [3.05, 3.63) is 20.3 Å². The highest BCUT2D eigenvalue weighted by molar-refractivity contribution is 14.1. The molecule has 1 fully saturated rings. The smallest absolute Gasteiger partial charge is 0.266 e. The predicted octanol–water partition coefficient (Wildman–Crippen LogP) is 0.990. The maximum atomic E-state index is 11.5. The first-order valence-corrected chi connectivity index (χ1v) is 6.19. The van der Waals surface area contributed by atoms with Gasteiger partial charge in [-0.15, -0.1) is 0 Å². The maximum Gasteiger partial charge on any atom is 0.266 e. The summed E-state index contributed by atoms with van der Waals surface area (Å²) in [5.41, 5.74) is -0.216. The first-order chi connectivity index (χ1) is 7.52. The Morgan fingerprint density at radius 2 is 2.38 bits per heavy atom. The van der Waals surface area contributed by atoms with Gasteiger partial charge in [-0.2, -0.15) is 0 Å². The Morgan fingerprint density at radius 1 is 1.62 bits per heavy atom. The van der Waals surface area contributed by atoms with Crippen molar-refractivity contribution in [2.45, 2.75) is 19.4 Å². The molecule has 16 heavy (non-hydrogen) atoms. The molecule has 2 rings (SSSR count). The molecule has 1 aliphatic heterocycles.